The second kappa shape index (κ2) is 7.65. The molecule has 1 amide bonds. The smallest absolute Gasteiger partial charge is 0.239 e. The maximum atomic E-state index is 12.4. The van der Waals surface area contributed by atoms with Gasteiger partial charge >= 0.3 is 0 Å². The van der Waals surface area contributed by atoms with Crippen LogP contribution in [0, 0.1) is 11.3 Å². The molecule has 1 heterocycles. The number of carbonyl (C=O) groups excluding carboxylic acids is 1. The van der Waals surface area contributed by atoms with Gasteiger partial charge in [0.05, 0.1) is 6.04 Å². The maximum Gasteiger partial charge on any atom is 0.239 e. The Balaban J connectivity index is 0.00000200. The molecule has 0 aromatic carbocycles. The Morgan fingerprint density at radius 2 is 1.70 bits per heavy atom. The summed E-state index contributed by atoms with van der Waals surface area (Å²) in [5, 5.41) is 0. The number of hydrogen-bond acceptors (Lipinski definition) is 2. The van der Waals surface area contributed by atoms with Crippen molar-refractivity contribution in [3.63, 3.8) is 0 Å². The first-order chi connectivity index (χ1) is 9.08. The molecule has 1 aliphatic heterocycles. The van der Waals surface area contributed by atoms with Crippen molar-refractivity contribution in [1.82, 2.24) is 4.90 Å². The van der Waals surface area contributed by atoms with Crippen molar-refractivity contribution in [2.24, 2.45) is 17.1 Å². The molecular formula is C16H31ClN2O. The first-order valence-electron chi connectivity index (χ1n) is 8.12. The molecule has 0 bridgehead atoms. The molecule has 2 rings (SSSR count). The van der Waals surface area contributed by atoms with Gasteiger partial charge in [-0.25, -0.2) is 0 Å². The van der Waals surface area contributed by atoms with Crippen LogP contribution in [0.2, 0.25) is 0 Å². The Hall–Kier alpha value is -0.280. The molecule has 2 unspecified atom stereocenters. The van der Waals surface area contributed by atoms with Crippen LogP contribution >= 0.6 is 12.4 Å². The van der Waals surface area contributed by atoms with Crippen molar-refractivity contribution in [3.8, 4) is 0 Å². The number of piperidine rings is 1. The van der Waals surface area contributed by atoms with Crippen LogP contribution in [-0.4, -0.2) is 29.9 Å². The van der Waals surface area contributed by atoms with Gasteiger partial charge in [-0.15, -0.1) is 12.4 Å². The van der Waals surface area contributed by atoms with E-state index in [2.05, 4.69) is 13.8 Å². The Morgan fingerprint density at radius 3 is 2.20 bits per heavy atom. The third kappa shape index (κ3) is 3.88. The molecule has 2 atom stereocenters. The first kappa shape index (κ1) is 17.8. The van der Waals surface area contributed by atoms with Crippen LogP contribution in [-0.2, 0) is 4.79 Å². The van der Waals surface area contributed by atoms with Crippen LogP contribution < -0.4 is 5.73 Å². The van der Waals surface area contributed by atoms with Crippen molar-refractivity contribution in [1.29, 1.82) is 0 Å². The fourth-order valence-electron chi connectivity index (χ4n) is 3.71. The third-order valence-electron chi connectivity index (χ3n) is 5.59. The zero-order valence-electron chi connectivity index (χ0n) is 13.1. The molecular weight excluding hydrogens is 272 g/mol. The monoisotopic (exact) mass is 302 g/mol. The normalized spacial score (nSPS) is 24.9. The predicted molar refractivity (Wildman–Crippen MR) is 86.0 cm³/mol. The molecule has 0 radical (unpaired) electrons. The number of halogens is 1. The molecule has 1 aliphatic carbocycles. The van der Waals surface area contributed by atoms with Gasteiger partial charge in [0.1, 0.15) is 0 Å². The zero-order valence-corrected chi connectivity index (χ0v) is 13.9. The topological polar surface area (TPSA) is 46.3 Å². The molecule has 2 fully saturated rings. The summed E-state index contributed by atoms with van der Waals surface area (Å²) in [6.45, 7) is 6.05. The summed E-state index contributed by atoms with van der Waals surface area (Å²) >= 11 is 0. The van der Waals surface area contributed by atoms with Crippen LogP contribution in [0.25, 0.3) is 0 Å². The average molecular weight is 303 g/mol. The number of nitrogens with zero attached hydrogens (tertiary/aromatic N) is 1. The van der Waals surface area contributed by atoms with E-state index in [-0.39, 0.29) is 30.3 Å². The van der Waals surface area contributed by atoms with E-state index in [0.717, 1.165) is 19.5 Å². The summed E-state index contributed by atoms with van der Waals surface area (Å²) in [7, 11) is 0. The second-order valence-electron chi connectivity index (χ2n) is 6.80. The van der Waals surface area contributed by atoms with Crippen LogP contribution in [0.4, 0.5) is 0 Å². The summed E-state index contributed by atoms with van der Waals surface area (Å²) in [5.74, 6) is 0.470. The summed E-state index contributed by atoms with van der Waals surface area (Å²) in [4.78, 5) is 14.4. The predicted octanol–water partition coefficient (Wildman–Crippen LogP) is 3.35. The number of hydrogen-bond donors (Lipinski definition) is 1. The molecule has 2 N–H and O–H groups in total. The molecule has 118 valence electrons. The number of rotatable bonds is 3. The molecule has 1 spiro atoms. The van der Waals surface area contributed by atoms with Gasteiger partial charge in [-0.05, 0) is 37.0 Å². The lowest BCUT2D eigenvalue weighted by Gasteiger charge is -2.45. The van der Waals surface area contributed by atoms with Gasteiger partial charge in [0, 0.05) is 13.1 Å². The minimum absolute atomic E-state index is 0. The van der Waals surface area contributed by atoms with E-state index >= 15 is 0 Å². The van der Waals surface area contributed by atoms with Gasteiger partial charge in [0.15, 0.2) is 0 Å². The minimum atomic E-state index is -0.301. The van der Waals surface area contributed by atoms with Gasteiger partial charge in [0.25, 0.3) is 0 Å². The SMILES string of the molecule is CCC(C)C(N)C(=O)N1CCC2(CCCCC2)CC1.Cl. The molecule has 1 saturated heterocycles. The van der Waals surface area contributed by atoms with Gasteiger partial charge < -0.3 is 10.6 Å². The molecule has 4 heteroatoms. The number of likely N-dealkylation sites (tertiary alicyclic amines) is 1. The zero-order chi connectivity index (χ0) is 13.9. The largest absolute Gasteiger partial charge is 0.341 e. The highest BCUT2D eigenvalue weighted by atomic mass is 35.5. The summed E-state index contributed by atoms with van der Waals surface area (Å²) in [6, 6.07) is -0.301. The number of carbonyl (C=O) groups is 1. The Bertz CT molecular complexity index is 306. The Kier molecular flexibility index (Phi) is 6.80. The summed E-state index contributed by atoms with van der Waals surface area (Å²) in [5.41, 5.74) is 6.65. The van der Waals surface area contributed by atoms with Gasteiger partial charge in [-0.3, -0.25) is 4.79 Å². The lowest BCUT2D eigenvalue weighted by molar-refractivity contribution is -0.136. The highest BCUT2D eigenvalue weighted by Gasteiger charge is 2.37. The van der Waals surface area contributed by atoms with Crippen molar-refractivity contribution < 1.29 is 4.79 Å². The fourth-order valence-corrected chi connectivity index (χ4v) is 3.71. The third-order valence-corrected chi connectivity index (χ3v) is 5.59. The van der Waals surface area contributed by atoms with Crippen molar-refractivity contribution >= 4 is 18.3 Å². The summed E-state index contributed by atoms with van der Waals surface area (Å²) in [6.07, 6.45) is 10.3. The van der Waals surface area contributed by atoms with Crippen molar-refractivity contribution in [3.05, 3.63) is 0 Å². The maximum absolute atomic E-state index is 12.4. The van der Waals surface area contributed by atoms with Crippen LogP contribution in [0.15, 0.2) is 0 Å². The Labute approximate surface area is 130 Å². The molecule has 0 aromatic heterocycles. The van der Waals surface area contributed by atoms with E-state index in [0.29, 0.717) is 5.41 Å². The van der Waals surface area contributed by atoms with E-state index in [1.165, 1.54) is 44.9 Å². The van der Waals surface area contributed by atoms with Crippen molar-refractivity contribution in [2.45, 2.75) is 71.3 Å². The number of nitrogens with two attached hydrogens (primary N) is 1. The minimum Gasteiger partial charge on any atom is -0.341 e. The summed E-state index contributed by atoms with van der Waals surface area (Å²) < 4.78 is 0. The van der Waals surface area contributed by atoms with Crippen LogP contribution in [0.3, 0.4) is 0 Å². The van der Waals surface area contributed by atoms with E-state index in [1.54, 1.807) is 0 Å². The lowest BCUT2D eigenvalue weighted by atomic mass is 9.68. The van der Waals surface area contributed by atoms with E-state index in [9.17, 15) is 4.79 Å². The highest BCUT2D eigenvalue weighted by Crippen LogP contribution is 2.44. The second-order valence-corrected chi connectivity index (χ2v) is 6.80. The van der Waals surface area contributed by atoms with Gasteiger partial charge in [-0.1, -0.05) is 39.5 Å². The standard InChI is InChI=1S/C16H30N2O.ClH/c1-3-13(2)14(17)15(19)18-11-9-16(10-12-18)7-5-4-6-8-16;/h13-14H,3-12,17H2,1-2H3;1H. The Morgan fingerprint density at radius 1 is 1.15 bits per heavy atom. The van der Waals surface area contributed by atoms with Crippen molar-refractivity contribution in [2.75, 3.05) is 13.1 Å². The van der Waals surface area contributed by atoms with Gasteiger partial charge in [0.2, 0.25) is 5.91 Å². The van der Waals surface area contributed by atoms with E-state index < -0.39 is 0 Å². The number of amides is 1. The molecule has 2 aliphatic rings. The molecule has 0 aromatic rings. The molecule has 20 heavy (non-hydrogen) atoms. The first-order valence-corrected chi connectivity index (χ1v) is 8.12. The lowest BCUT2D eigenvalue weighted by Crippen LogP contribution is -2.51. The van der Waals surface area contributed by atoms with E-state index in [1.807, 2.05) is 4.90 Å². The van der Waals surface area contributed by atoms with Gasteiger partial charge in [-0.2, -0.15) is 0 Å². The quantitative estimate of drug-likeness (QED) is 0.869. The highest BCUT2D eigenvalue weighted by molar-refractivity contribution is 5.85. The molecule has 1 saturated carbocycles. The molecule has 3 nitrogen and oxygen atoms in total. The van der Waals surface area contributed by atoms with Crippen LogP contribution in [0.1, 0.15) is 65.2 Å². The average Bonchev–Trinajstić information content (AvgIpc) is 2.46. The fraction of sp³-hybridized carbons (Fsp3) is 0.938. The van der Waals surface area contributed by atoms with Crippen LogP contribution in [0.5, 0.6) is 0 Å². The van der Waals surface area contributed by atoms with E-state index in [4.69, 9.17) is 5.73 Å².